The van der Waals surface area contributed by atoms with Crippen LogP contribution in [0, 0.1) is 0 Å². The van der Waals surface area contributed by atoms with Gasteiger partial charge < -0.3 is 29.4 Å². The summed E-state index contributed by atoms with van der Waals surface area (Å²) in [6.07, 6.45) is 0.337. The van der Waals surface area contributed by atoms with Gasteiger partial charge in [-0.3, -0.25) is 9.05 Å². The van der Waals surface area contributed by atoms with E-state index in [0.29, 0.717) is 0 Å². The quantitative estimate of drug-likeness (QED) is 0.279. The molecule has 21 heteroatoms. The van der Waals surface area contributed by atoms with E-state index in [0.717, 1.165) is 0 Å². The van der Waals surface area contributed by atoms with Crippen LogP contribution in [0.4, 0.5) is 0 Å². The molecule has 150 valence electrons. The second kappa shape index (κ2) is 7.98. The second-order valence-corrected chi connectivity index (χ2v) is 13.1. The largest absolute Gasteiger partial charge is 0.477 e. The van der Waals surface area contributed by atoms with Gasteiger partial charge in [0.2, 0.25) is 0 Å². The molecular weight excluding hydrogens is 457 g/mol. The zero-order valence-corrected chi connectivity index (χ0v) is 16.3. The minimum Gasteiger partial charge on any atom is -0.312 e. The Kier molecular flexibility index (Phi) is 7.59. The molecule has 1 aliphatic rings. The average Bonchev–Trinajstić information content (AvgIpc) is 2.45. The van der Waals surface area contributed by atoms with Crippen LogP contribution in [0.3, 0.4) is 0 Å². The van der Waals surface area contributed by atoms with Gasteiger partial charge in [0.1, 0.15) is 0 Å². The molecule has 6 N–H and O–H groups in total. The highest BCUT2D eigenvalue weighted by molar-refractivity contribution is 7.84. The molecule has 0 aromatic rings. The van der Waals surface area contributed by atoms with Gasteiger partial charge in [0, 0.05) is 0 Å². The Morgan fingerprint density at radius 1 is 0.800 bits per heavy atom. The van der Waals surface area contributed by atoms with Crippen molar-refractivity contribution >= 4 is 38.9 Å². The lowest BCUT2D eigenvalue weighted by atomic mass is 10.3. The van der Waals surface area contributed by atoms with Crippen molar-refractivity contribution in [2.45, 2.75) is 12.8 Å². The summed E-state index contributed by atoms with van der Waals surface area (Å²) in [7, 11) is -29.6. The topological polar surface area (TPSA) is 247 Å². The van der Waals surface area contributed by atoms with Gasteiger partial charge in [-0.05, 0) is 17.1 Å². The van der Waals surface area contributed by atoms with Crippen LogP contribution in [0.5, 0.6) is 0 Å². The van der Waals surface area contributed by atoms with Crippen molar-refractivity contribution < 1.29 is 69.9 Å². The molecule has 16 nitrogen and oxygen atoms in total. The van der Waals surface area contributed by atoms with Crippen molar-refractivity contribution in [2.75, 3.05) is 13.2 Å². The Balaban J connectivity index is 3.57. The molecule has 0 radical (unpaired) electrons. The van der Waals surface area contributed by atoms with Gasteiger partial charge in [0.15, 0.2) is 0 Å². The molecular formula is C4H14NO15P5. The molecule has 0 aliphatic carbocycles. The fraction of sp³-hybridized carbons (Fsp3) is 1.00. The van der Waals surface area contributed by atoms with Crippen molar-refractivity contribution in [1.82, 2.24) is 4.21 Å². The van der Waals surface area contributed by atoms with E-state index in [-0.39, 0.29) is 12.8 Å². The van der Waals surface area contributed by atoms with Gasteiger partial charge in [-0.25, -0.2) is 22.8 Å². The number of hydrogen-bond donors (Lipinski definition) is 6. The van der Waals surface area contributed by atoms with Crippen molar-refractivity contribution in [2.24, 2.45) is 0 Å². The molecule has 0 aromatic heterocycles. The van der Waals surface area contributed by atoms with Gasteiger partial charge in [0.25, 0.3) is 0 Å². The lowest BCUT2D eigenvalue weighted by molar-refractivity contribution is 0.192. The van der Waals surface area contributed by atoms with E-state index >= 15 is 0 Å². The van der Waals surface area contributed by atoms with Crippen LogP contribution >= 0.6 is 38.9 Å². The second-order valence-electron chi connectivity index (χ2n) is 4.24. The van der Waals surface area contributed by atoms with E-state index in [1.165, 1.54) is 0 Å². The molecule has 0 atom stereocenters. The smallest absolute Gasteiger partial charge is 0.312 e. The van der Waals surface area contributed by atoms with E-state index in [1.807, 2.05) is 0 Å². The number of nitrogens with zero attached hydrogens (tertiary/aromatic N) is 1. The third kappa shape index (κ3) is 7.33. The number of rotatable bonds is 7. The summed E-state index contributed by atoms with van der Waals surface area (Å²) in [5.41, 5.74) is 0. The summed E-state index contributed by atoms with van der Waals surface area (Å²) in [6, 6.07) is 0. The predicted octanol–water partition coefficient (Wildman–Crippen LogP) is 0.643. The summed E-state index contributed by atoms with van der Waals surface area (Å²) >= 11 is 0. The van der Waals surface area contributed by atoms with Gasteiger partial charge in [0.05, 0.1) is 13.2 Å². The third-order valence-corrected chi connectivity index (χ3v) is 11.9. The van der Waals surface area contributed by atoms with E-state index < -0.39 is 56.3 Å². The highest BCUT2D eigenvalue weighted by Crippen LogP contribution is 2.83. The fourth-order valence-electron chi connectivity index (χ4n) is 1.47. The van der Waals surface area contributed by atoms with Crippen molar-refractivity contribution in [3.8, 4) is 0 Å². The minimum absolute atomic E-state index is 0.169. The van der Waals surface area contributed by atoms with E-state index in [4.69, 9.17) is 19.6 Å². The molecule has 0 unspecified atom stereocenters. The molecule has 25 heavy (non-hydrogen) atoms. The molecule has 0 bridgehead atoms. The molecule has 0 saturated carbocycles. The molecule has 1 rings (SSSR count). The summed E-state index contributed by atoms with van der Waals surface area (Å²) in [4.78, 5) is 53.5. The first kappa shape index (κ1) is 23.7. The zero-order valence-electron chi connectivity index (χ0n) is 11.9. The first-order chi connectivity index (χ1) is 11.0. The minimum atomic E-state index is -6.32. The van der Waals surface area contributed by atoms with Gasteiger partial charge in [-0.1, -0.05) is 0 Å². The van der Waals surface area contributed by atoms with Crippen LogP contribution in [-0.2, 0) is 40.5 Å². The fourth-order valence-corrected chi connectivity index (χ4v) is 10.7. The monoisotopic (exact) mass is 471 g/mol. The maximum absolute atomic E-state index is 12.6. The number of phosphoric acid groups is 2. The Labute approximate surface area is 139 Å². The summed E-state index contributed by atoms with van der Waals surface area (Å²) < 4.78 is 73.7. The summed E-state index contributed by atoms with van der Waals surface area (Å²) in [5.74, 6) is 0. The summed E-state index contributed by atoms with van der Waals surface area (Å²) in [5, 5.41) is 0. The van der Waals surface area contributed by atoms with Crippen LogP contribution in [-0.4, -0.2) is 46.8 Å². The summed E-state index contributed by atoms with van der Waals surface area (Å²) in [6.45, 7) is -0.917. The van der Waals surface area contributed by atoms with Crippen molar-refractivity contribution in [3.63, 3.8) is 0 Å². The van der Waals surface area contributed by atoms with E-state index in [2.05, 4.69) is 17.7 Å². The van der Waals surface area contributed by atoms with E-state index in [1.54, 1.807) is 0 Å². The maximum Gasteiger partial charge on any atom is 0.477 e. The Morgan fingerprint density at radius 3 is 1.44 bits per heavy atom. The molecule has 0 spiro atoms. The standard InChI is InChI=1S/C4H14NO15P5/c6-21(7,8)5(22(9)17-3-1-2-4-18-22)23(10,19-24(11,12)13)20-25(14,15)16/h1-4H2,(H2,6,7,8)(H2,11,12,13)(H2,14,15,16). The van der Waals surface area contributed by atoms with E-state index in [9.17, 15) is 32.6 Å². The third-order valence-electron chi connectivity index (χ3n) is 2.14. The molecule has 1 fully saturated rings. The predicted molar refractivity (Wildman–Crippen MR) is 76.5 cm³/mol. The average molecular weight is 471 g/mol. The van der Waals surface area contributed by atoms with Crippen LogP contribution in [0.2, 0.25) is 0 Å². The molecule has 0 amide bonds. The van der Waals surface area contributed by atoms with Gasteiger partial charge in [-0.15, -0.1) is 0 Å². The van der Waals surface area contributed by atoms with Gasteiger partial charge >= 0.3 is 38.9 Å². The maximum atomic E-state index is 12.6. The highest BCUT2D eigenvalue weighted by atomic mass is 31.3. The Hall–Kier alpha value is 0.710. The molecule has 0 aromatic carbocycles. The highest BCUT2D eigenvalue weighted by Gasteiger charge is 2.62. The van der Waals surface area contributed by atoms with Crippen molar-refractivity contribution in [1.29, 1.82) is 0 Å². The van der Waals surface area contributed by atoms with Crippen LogP contribution in [0.1, 0.15) is 12.8 Å². The molecule has 1 heterocycles. The SMILES string of the molecule is O=P(O)(O)OP(=O)(OP(=O)(O)O)N(P(=O)(O)O)P1(=O)OCCCCO1. The zero-order chi connectivity index (χ0) is 19.7. The van der Waals surface area contributed by atoms with Crippen LogP contribution < -0.4 is 0 Å². The van der Waals surface area contributed by atoms with Crippen molar-refractivity contribution in [3.05, 3.63) is 0 Å². The first-order valence-electron chi connectivity index (χ1n) is 5.89. The lowest BCUT2D eigenvalue weighted by Crippen LogP contribution is -2.19. The number of hydrogen-bond acceptors (Lipinski definition) is 9. The normalized spacial score (nSPS) is 20.4. The Bertz CT molecular complexity index is 673. The van der Waals surface area contributed by atoms with Gasteiger partial charge in [-0.2, -0.15) is 8.62 Å². The first-order valence-corrected chi connectivity index (χ1v) is 13.5. The molecule has 1 saturated heterocycles. The Morgan fingerprint density at radius 2 is 1.16 bits per heavy atom. The van der Waals surface area contributed by atoms with Crippen LogP contribution in [0.25, 0.3) is 0 Å². The molecule has 1 aliphatic heterocycles. The lowest BCUT2D eigenvalue weighted by Gasteiger charge is -2.32. The van der Waals surface area contributed by atoms with Crippen LogP contribution in [0.15, 0.2) is 0 Å².